The van der Waals surface area contributed by atoms with Crippen molar-refractivity contribution in [2.45, 2.75) is 19.8 Å². The van der Waals surface area contributed by atoms with Crippen LogP contribution in [0, 0.1) is 17.6 Å². The third kappa shape index (κ3) is 4.53. The molecule has 0 atom stereocenters. The lowest BCUT2D eigenvalue weighted by Gasteiger charge is -2.18. The van der Waals surface area contributed by atoms with Crippen molar-refractivity contribution in [3.05, 3.63) is 46.4 Å². The Kier molecular flexibility index (Phi) is 6.06. The molecule has 0 amide bonds. The second-order valence-electron chi connectivity index (χ2n) is 8.02. The molecule has 1 aromatic carbocycles. The lowest BCUT2D eigenvalue weighted by Crippen LogP contribution is -2.32. The van der Waals surface area contributed by atoms with Gasteiger partial charge >= 0.3 is 10.2 Å². The number of fused-ring (bicyclic) bond motifs is 1. The number of halogens is 2. The quantitative estimate of drug-likeness (QED) is 0.515. The summed E-state index contributed by atoms with van der Waals surface area (Å²) in [6.45, 7) is 2.50. The molecule has 176 valence electrons. The summed E-state index contributed by atoms with van der Waals surface area (Å²) >= 11 is 0. The van der Waals surface area contributed by atoms with E-state index in [4.69, 9.17) is 0 Å². The molecule has 0 spiro atoms. The highest BCUT2D eigenvalue weighted by molar-refractivity contribution is 7.90. The minimum absolute atomic E-state index is 0.147. The Hall–Kier alpha value is -3.12. The fraction of sp³-hybridized carbons (Fsp3) is 0.381. The highest BCUT2D eigenvalue weighted by atomic mass is 32.2. The van der Waals surface area contributed by atoms with Gasteiger partial charge in [-0.15, -0.1) is 0 Å². The van der Waals surface area contributed by atoms with E-state index in [1.807, 2.05) is 0 Å². The number of aryl methyl sites for hydroxylation is 1. The Morgan fingerprint density at radius 2 is 2.00 bits per heavy atom. The van der Waals surface area contributed by atoms with Gasteiger partial charge in [0.1, 0.15) is 11.5 Å². The van der Waals surface area contributed by atoms with Crippen LogP contribution in [-0.4, -0.2) is 47.4 Å². The van der Waals surface area contributed by atoms with Gasteiger partial charge in [0.05, 0.1) is 16.8 Å². The molecule has 4 rings (SSSR count). The lowest BCUT2D eigenvalue weighted by molar-refractivity contribution is 0.491. The summed E-state index contributed by atoms with van der Waals surface area (Å²) in [4.78, 5) is 21.6. The number of aromatic nitrogens is 3. The highest BCUT2D eigenvalue weighted by Crippen LogP contribution is 2.31. The molecule has 33 heavy (non-hydrogen) atoms. The van der Waals surface area contributed by atoms with Crippen LogP contribution in [0.1, 0.15) is 19.8 Å². The molecule has 0 unspecified atom stereocenters. The van der Waals surface area contributed by atoms with Gasteiger partial charge in [0.25, 0.3) is 5.56 Å². The fourth-order valence-electron chi connectivity index (χ4n) is 3.33. The monoisotopic (exact) mass is 478 g/mol. The highest BCUT2D eigenvalue weighted by Gasteiger charge is 2.24. The standard InChI is InChI=1S/C21H24F2N6O3S/c1-4-28(2)33(31,32)27-16-8-7-15(22)17(18(16)23)14-9-13-11-25-21(24-10-12-5-6-12)26-19(13)29(3)20(14)30/h7-9,11-12,27H,4-6,10H2,1-3H3,(H,24,25,26). The van der Waals surface area contributed by atoms with E-state index in [0.29, 0.717) is 22.9 Å². The zero-order valence-electron chi connectivity index (χ0n) is 18.4. The summed E-state index contributed by atoms with van der Waals surface area (Å²) in [5, 5.41) is 3.53. The number of rotatable bonds is 8. The van der Waals surface area contributed by atoms with Crippen LogP contribution in [0.15, 0.2) is 29.2 Å². The van der Waals surface area contributed by atoms with Gasteiger partial charge in [-0.1, -0.05) is 6.92 Å². The van der Waals surface area contributed by atoms with Crippen LogP contribution in [0.4, 0.5) is 20.4 Å². The molecular formula is C21H24F2N6O3S. The van der Waals surface area contributed by atoms with Crippen LogP contribution in [0.5, 0.6) is 0 Å². The molecule has 2 N–H and O–H groups in total. The van der Waals surface area contributed by atoms with Crippen LogP contribution >= 0.6 is 0 Å². The number of hydrogen-bond acceptors (Lipinski definition) is 6. The average molecular weight is 479 g/mol. The Balaban J connectivity index is 1.78. The van der Waals surface area contributed by atoms with Crippen LogP contribution in [0.25, 0.3) is 22.2 Å². The maximum Gasteiger partial charge on any atom is 0.301 e. The zero-order chi connectivity index (χ0) is 23.9. The SMILES string of the molecule is CCN(C)S(=O)(=O)Nc1ccc(F)c(-c2cc3cnc(NCC4CC4)nc3n(C)c2=O)c1F. The van der Waals surface area contributed by atoms with Crippen molar-refractivity contribution in [3.8, 4) is 11.1 Å². The normalized spacial score (nSPS) is 14.1. The van der Waals surface area contributed by atoms with E-state index in [1.54, 1.807) is 6.92 Å². The van der Waals surface area contributed by atoms with Crippen molar-refractivity contribution >= 4 is 32.9 Å². The maximum absolute atomic E-state index is 15.3. The van der Waals surface area contributed by atoms with Crippen LogP contribution < -0.4 is 15.6 Å². The Labute approximate surface area is 189 Å². The number of hydrogen-bond donors (Lipinski definition) is 2. The smallest absolute Gasteiger partial charge is 0.301 e. The average Bonchev–Trinajstić information content (AvgIpc) is 3.61. The van der Waals surface area contributed by atoms with Crippen molar-refractivity contribution < 1.29 is 17.2 Å². The topological polar surface area (TPSA) is 109 Å². The first kappa shape index (κ1) is 23.1. The summed E-state index contributed by atoms with van der Waals surface area (Å²) in [6.07, 6.45) is 3.78. The van der Waals surface area contributed by atoms with Gasteiger partial charge in [0.15, 0.2) is 5.82 Å². The second-order valence-corrected chi connectivity index (χ2v) is 9.80. The summed E-state index contributed by atoms with van der Waals surface area (Å²) in [7, 11) is -1.29. The molecule has 0 aliphatic heterocycles. The maximum atomic E-state index is 15.3. The molecule has 0 saturated heterocycles. The van der Waals surface area contributed by atoms with Gasteiger partial charge in [0, 0.05) is 38.8 Å². The van der Waals surface area contributed by atoms with E-state index < -0.39 is 38.7 Å². The van der Waals surface area contributed by atoms with Gasteiger partial charge in [-0.05, 0) is 37.0 Å². The number of benzene rings is 1. The summed E-state index contributed by atoms with van der Waals surface area (Å²) in [6, 6.07) is 3.19. The molecule has 1 aliphatic rings. The van der Waals surface area contributed by atoms with Crippen molar-refractivity contribution in [3.63, 3.8) is 0 Å². The molecule has 1 saturated carbocycles. The van der Waals surface area contributed by atoms with Gasteiger partial charge in [-0.3, -0.25) is 14.1 Å². The molecule has 2 heterocycles. The van der Waals surface area contributed by atoms with Crippen LogP contribution in [0.3, 0.4) is 0 Å². The first-order valence-electron chi connectivity index (χ1n) is 10.5. The molecule has 9 nitrogen and oxygen atoms in total. The molecule has 0 radical (unpaired) electrons. The summed E-state index contributed by atoms with van der Waals surface area (Å²) < 4.78 is 58.9. The molecule has 12 heteroatoms. The van der Waals surface area contributed by atoms with Crippen molar-refractivity contribution in [2.24, 2.45) is 13.0 Å². The van der Waals surface area contributed by atoms with E-state index >= 15 is 4.39 Å². The minimum atomic E-state index is -4.05. The van der Waals surface area contributed by atoms with Gasteiger partial charge < -0.3 is 5.32 Å². The fourth-order valence-corrected chi connectivity index (χ4v) is 4.26. The van der Waals surface area contributed by atoms with E-state index in [-0.39, 0.29) is 12.1 Å². The molecule has 2 aromatic heterocycles. The molecular weight excluding hydrogens is 454 g/mol. The zero-order valence-corrected chi connectivity index (χ0v) is 19.2. The second kappa shape index (κ2) is 8.67. The number of nitrogens with one attached hydrogen (secondary N) is 2. The molecule has 1 aliphatic carbocycles. The largest absolute Gasteiger partial charge is 0.354 e. The first-order chi connectivity index (χ1) is 15.6. The summed E-state index contributed by atoms with van der Waals surface area (Å²) in [5.41, 5.74) is -1.75. The third-order valence-electron chi connectivity index (χ3n) is 5.65. The van der Waals surface area contributed by atoms with Gasteiger partial charge in [-0.2, -0.15) is 17.7 Å². The number of anilines is 2. The predicted molar refractivity (Wildman–Crippen MR) is 122 cm³/mol. The minimum Gasteiger partial charge on any atom is -0.354 e. The Morgan fingerprint density at radius 1 is 1.27 bits per heavy atom. The summed E-state index contributed by atoms with van der Waals surface area (Å²) in [5.74, 6) is -1.23. The van der Waals surface area contributed by atoms with Gasteiger partial charge in [0.2, 0.25) is 5.95 Å². The predicted octanol–water partition coefficient (Wildman–Crippen LogP) is 2.70. The van der Waals surface area contributed by atoms with Crippen LogP contribution in [-0.2, 0) is 17.3 Å². The lowest BCUT2D eigenvalue weighted by atomic mass is 10.0. The van der Waals surface area contributed by atoms with Crippen molar-refractivity contribution in [2.75, 3.05) is 30.2 Å². The number of pyridine rings is 1. The first-order valence-corrected chi connectivity index (χ1v) is 11.9. The Bertz CT molecular complexity index is 1390. The third-order valence-corrected chi connectivity index (χ3v) is 7.21. The molecule has 3 aromatic rings. The van der Waals surface area contributed by atoms with E-state index in [9.17, 15) is 17.6 Å². The molecule has 1 fully saturated rings. The van der Waals surface area contributed by atoms with E-state index in [0.717, 1.165) is 35.8 Å². The Morgan fingerprint density at radius 3 is 2.67 bits per heavy atom. The number of nitrogens with zero attached hydrogens (tertiary/aromatic N) is 4. The van der Waals surface area contributed by atoms with E-state index in [2.05, 4.69) is 20.0 Å². The van der Waals surface area contributed by atoms with E-state index in [1.165, 1.54) is 30.9 Å². The molecule has 0 bridgehead atoms. The van der Waals surface area contributed by atoms with Crippen LogP contribution in [0.2, 0.25) is 0 Å². The van der Waals surface area contributed by atoms with Crippen molar-refractivity contribution in [1.29, 1.82) is 0 Å². The van der Waals surface area contributed by atoms with Crippen molar-refractivity contribution in [1.82, 2.24) is 18.8 Å². The van der Waals surface area contributed by atoms with Gasteiger partial charge in [-0.25, -0.2) is 13.8 Å².